The molecule has 0 saturated heterocycles. The second kappa shape index (κ2) is 4.77. The molecule has 1 fully saturated rings. The van der Waals surface area contributed by atoms with Crippen LogP contribution in [0.25, 0.3) is 0 Å². The van der Waals surface area contributed by atoms with Crippen molar-refractivity contribution in [1.82, 2.24) is 0 Å². The predicted molar refractivity (Wildman–Crippen MR) is 70.6 cm³/mol. The topological polar surface area (TPSA) is 38.0 Å². The van der Waals surface area contributed by atoms with E-state index >= 15 is 0 Å². The van der Waals surface area contributed by atoms with Gasteiger partial charge in [0.2, 0.25) is 0 Å². The highest BCUT2D eigenvalue weighted by atomic mass is 14.9. The molecule has 2 atom stereocenters. The van der Waals surface area contributed by atoms with Gasteiger partial charge in [-0.15, -0.1) is 0 Å². The van der Waals surface area contributed by atoms with Gasteiger partial charge in [-0.3, -0.25) is 0 Å². The highest BCUT2D eigenvalue weighted by molar-refractivity contribution is 5.59. The van der Waals surface area contributed by atoms with Crippen molar-refractivity contribution < 1.29 is 0 Å². The van der Waals surface area contributed by atoms with Crippen LogP contribution in [0.1, 0.15) is 31.7 Å². The molecular weight excluding hydrogens is 196 g/mol. The average molecular weight is 218 g/mol. The van der Waals surface area contributed by atoms with Gasteiger partial charge in [-0.05, 0) is 42.9 Å². The van der Waals surface area contributed by atoms with Gasteiger partial charge in [0.15, 0.2) is 0 Å². The largest absolute Gasteiger partial charge is 0.399 e. The average Bonchev–Trinajstić information content (AvgIpc) is 2.66. The van der Waals surface area contributed by atoms with Crippen molar-refractivity contribution in [3.63, 3.8) is 0 Å². The molecule has 1 aromatic rings. The van der Waals surface area contributed by atoms with Crippen LogP contribution in [-0.2, 0) is 0 Å². The first kappa shape index (κ1) is 11.3. The molecule has 2 heteroatoms. The Labute approximate surface area is 98.2 Å². The number of nitrogen functional groups attached to an aromatic ring is 1. The monoisotopic (exact) mass is 218 g/mol. The molecule has 3 N–H and O–H groups in total. The SMILES string of the molecule is Cc1ccc(N)cc1NCC1CCCC1C. The normalized spacial score (nSPS) is 24.6. The van der Waals surface area contributed by atoms with Crippen LogP contribution in [0.4, 0.5) is 11.4 Å². The lowest BCUT2D eigenvalue weighted by Crippen LogP contribution is -2.16. The summed E-state index contributed by atoms with van der Waals surface area (Å²) in [6.07, 6.45) is 4.15. The first-order chi connectivity index (χ1) is 7.66. The Balaban J connectivity index is 1.96. The van der Waals surface area contributed by atoms with E-state index in [1.54, 1.807) is 0 Å². The van der Waals surface area contributed by atoms with Crippen LogP contribution in [0.5, 0.6) is 0 Å². The minimum atomic E-state index is 0.834. The summed E-state index contributed by atoms with van der Waals surface area (Å²) in [7, 11) is 0. The highest BCUT2D eigenvalue weighted by Crippen LogP contribution is 2.31. The third kappa shape index (κ3) is 2.49. The Morgan fingerprint density at radius 1 is 1.38 bits per heavy atom. The third-order valence-corrected chi connectivity index (χ3v) is 3.86. The summed E-state index contributed by atoms with van der Waals surface area (Å²) < 4.78 is 0. The number of nitrogens with two attached hydrogens (primary N) is 1. The summed E-state index contributed by atoms with van der Waals surface area (Å²) in [6, 6.07) is 6.07. The molecule has 1 saturated carbocycles. The molecule has 0 radical (unpaired) electrons. The summed E-state index contributed by atoms with van der Waals surface area (Å²) in [6.45, 7) is 5.58. The summed E-state index contributed by atoms with van der Waals surface area (Å²) >= 11 is 0. The van der Waals surface area contributed by atoms with Gasteiger partial charge in [0.1, 0.15) is 0 Å². The van der Waals surface area contributed by atoms with Crippen LogP contribution in [0.15, 0.2) is 18.2 Å². The second-order valence-corrected chi connectivity index (χ2v) is 5.12. The zero-order valence-electron chi connectivity index (χ0n) is 10.3. The molecule has 2 rings (SSSR count). The smallest absolute Gasteiger partial charge is 0.0390 e. The Bertz CT molecular complexity index is 360. The summed E-state index contributed by atoms with van der Waals surface area (Å²) in [5.74, 6) is 1.70. The molecule has 2 nitrogen and oxygen atoms in total. The molecule has 0 heterocycles. The zero-order valence-corrected chi connectivity index (χ0v) is 10.3. The summed E-state index contributed by atoms with van der Waals surface area (Å²) in [4.78, 5) is 0. The van der Waals surface area contributed by atoms with Crippen molar-refractivity contribution >= 4 is 11.4 Å². The predicted octanol–water partition coefficient (Wildman–Crippen LogP) is 3.43. The lowest BCUT2D eigenvalue weighted by Gasteiger charge is -2.18. The molecule has 1 aliphatic carbocycles. The molecule has 0 aromatic heterocycles. The van der Waals surface area contributed by atoms with E-state index in [2.05, 4.69) is 25.2 Å². The van der Waals surface area contributed by atoms with Crippen molar-refractivity contribution in [2.24, 2.45) is 11.8 Å². The van der Waals surface area contributed by atoms with E-state index in [9.17, 15) is 0 Å². The number of hydrogen-bond donors (Lipinski definition) is 2. The Hall–Kier alpha value is -1.18. The number of aryl methyl sites for hydroxylation is 1. The second-order valence-electron chi connectivity index (χ2n) is 5.12. The molecule has 2 unspecified atom stereocenters. The molecule has 88 valence electrons. The van der Waals surface area contributed by atoms with Crippen molar-refractivity contribution in [2.75, 3.05) is 17.6 Å². The molecule has 0 aliphatic heterocycles. The fourth-order valence-electron chi connectivity index (χ4n) is 2.60. The van der Waals surface area contributed by atoms with Crippen LogP contribution in [0.2, 0.25) is 0 Å². The Morgan fingerprint density at radius 2 is 2.19 bits per heavy atom. The molecule has 1 aliphatic rings. The van der Waals surface area contributed by atoms with Crippen LogP contribution in [0, 0.1) is 18.8 Å². The molecular formula is C14H22N2. The number of benzene rings is 1. The van der Waals surface area contributed by atoms with Crippen LogP contribution < -0.4 is 11.1 Å². The van der Waals surface area contributed by atoms with Gasteiger partial charge < -0.3 is 11.1 Å². The minimum Gasteiger partial charge on any atom is -0.399 e. The first-order valence-electron chi connectivity index (χ1n) is 6.27. The fraction of sp³-hybridized carbons (Fsp3) is 0.571. The maximum Gasteiger partial charge on any atom is 0.0390 e. The van der Waals surface area contributed by atoms with Gasteiger partial charge in [-0.1, -0.05) is 25.8 Å². The van der Waals surface area contributed by atoms with Gasteiger partial charge in [0.05, 0.1) is 0 Å². The lowest BCUT2D eigenvalue weighted by molar-refractivity contribution is 0.439. The molecule has 16 heavy (non-hydrogen) atoms. The molecule has 0 bridgehead atoms. The van der Waals surface area contributed by atoms with Crippen LogP contribution >= 0.6 is 0 Å². The molecule has 0 amide bonds. The number of anilines is 2. The first-order valence-corrected chi connectivity index (χ1v) is 6.27. The number of rotatable bonds is 3. The van der Waals surface area contributed by atoms with Gasteiger partial charge in [0, 0.05) is 17.9 Å². The van der Waals surface area contributed by atoms with E-state index in [1.165, 1.54) is 30.5 Å². The van der Waals surface area contributed by atoms with E-state index in [0.717, 1.165) is 24.1 Å². The maximum absolute atomic E-state index is 5.80. The van der Waals surface area contributed by atoms with E-state index in [0.29, 0.717) is 0 Å². The molecule has 1 aromatic carbocycles. The maximum atomic E-state index is 5.80. The lowest BCUT2D eigenvalue weighted by atomic mass is 9.98. The quantitative estimate of drug-likeness (QED) is 0.763. The van der Waals surface area contributed by atoms with Gasteiger partial charge in [-0.2, -0.15) is 0 Å². The molecule has 0 spiro atoms. The highest BCUT2D eigenvalue weighted by Gasteiger charge is 2.22. The fourth-order valence-corrected chi connectivity index (χ4v) is 2.60. The van der Waals surface area contributed by atoms with Gasteiger partial charge in [-0.25, -0.2) is 0 Å². The summed E-state index contributed by atoms with van der Waals surface area (Å²) in [5.41, 5.74) is 9.11. The summed E-state index contributed by atoms with van der Waals surface area (Å²) in [5, 5.41) is 3.55. The number of nitrogens with one attached hydrogen (secondary N) is 1. The van der Waals surface area contributed by atoms with Crippen molar-refractivity contribution in [3.8, 4) is 0 Å². The Morgan fingerprint density at radius 3 is 2.88 bits per heavy atom. The zero-order chi connectivity index (χ0) is 11.5. The number of hydrogen-bond acceptors (Lipinski definition) is 2. The van der Waals surface area contributed by atoms with Gasteiger partial charge >= 0.3 is 0 Å². The minimum absolute atomic E-state index is 0.834. The van der Waals surface area contributed by atoms with Crippen molar-refractivity contribution in [2.45, 2.75) is 33.1 Å². The Kier molecular flexibility index (Phi) is 3.37. The van der Waals surface area contributed by atoms with E-state index in [4.69, 9.17) is 5.73 Å². The van der Waals surface area contributed by atoms with Crippen LogP contribution in [0.3, 0.4) is 0 Å². The van der Waals surface area contributed by atoms with Gasteiger partial charge in [0.25, 0.3) is 0 Å². The van der Waals surface area contributed by atoms with E-state index < -0.39 is 0 Å². The third-order valence-electron chi connectivity index (χ3n) is 3.86. The van der Waals surface area contributed by atoms with Crippen molar-refractivity contribution in [1.29, 1.82) is 0 Å². The van der Waals surface area contributed by atoms with E-state index in [-0.39, 0.29) is 0 Å². The standard InChI is InChI=1S/C14H22N2/c1-10-4-3-5-12(10)9-16-14-8-13(15)7-6-11(14)2/h6-8,10,12,16H,3-5,9,15H2,1-2H3. The van der Waals surface area contributed by atoms with Crippen molar-refractivity contribution in [3.05, 3.63) is 23.8 Å². The van der Waals surface area contributed by atoms with Crippen LogP contribution in [-0.4, -0.2) is 6.54 Å². The van der Waals surface area contributed by atoms with E-state index in [1.807, 2.05) is 12.1 Å².